The van der Waals surface area contributed by atoms with Crippen LogP contribution in [0.4, 0.5) is 0 Å². The molecular formula is C10H17N3. The van der Waals surface area contributed by atoms with Gasteiger partial charge in [-0.1, -0.05) is 27.7 Å². The van der Waals surface area contributed by atoms with Crippen molar-refractivity contribution >= 4 is 11.0 Å². The summed E-state index contributed by atoms with van der Waals surface area (Å²) in [6.07, 6.45) is 3.49. The molecule has 0 spiro atoms. The average molecular weight is 179 g/mol. The maximum Gasteiger partial charge on any atom is 0.155 e. The summed E-state index contributed by atoms with van der Waals surface area (Å²) in [5.74, 6) is 0. The van der Waals surface area contributed by atoms with Gasteiger partial charge in [0.15, 0.2) is 5.65 Å². The third kappa shape index (κ3) is 3.23. The fourth-order valence-electron chi connectivity index (χ4n) is 0.778. The summed E-state index contributed by atoms with van der Waals surface area (Å²) in [5, 5.41) is 7.63. The first-order chi connectivity index (χ1) is 6.47. The smallest absolute Gasteiger partial charge is 0.155 e. The van der Waals surface area contributed by atoms with Crippen molar-refractivity contribution in [3.8, 4) is 0 Å². The van der Waals surface area contributed by atoms with Crippen molar-refractivity contribution in [2.24, 2.45) is 0 Å². The molecule has 0 fully saturated rings. The van der Waals surface area contributed by atoms with Crippen molar-refractivity contribution in [2.45, 2.75) is 27.7 Å². The molecule has 0 aliphatic carbocycles. The Bertz CT molecular complexity index is 284. The molecule has 0 bridgehead atoms. The van der Waals surface area contributed by atoms with Gasteiger partial charge in [-0.3, -0.25) is 5.10 Å². The molecule has 2 rings (SSSR count). The maximum absolute atomic E-state index is 4.02. The number of hydrogen-bond acceptors (Lipinski definition) is 2. The molecule has 0 saturated carbocycles. The molecule has 0 atom stereocenters. The van der Waals surface area contributed by atoms with Gasteiger partial charge in [-0.05, 0) is 12.1 Å². The van der Waals surface area contributed by atoms with Crippen LogP contribution in [0.2, 0.25) is 0 Å². The van der Waals surface area contributed by atoms with Crippen LogP contribution in [-0.4, -0.2) is 15.2 Å². The van der Waals surface area contributed by atoms with E-state index >= 15 is 0 Å². The van der Waals surface area contributed by atoms with Crippen LogP contribution in [0.1, 0.15) is 27.7 Å². The predicted molar refractivity (Wildman–Crippen MR) is 56.6 cm³/mol. The number of pyridine rings is 1. The third-order valence-electron chi connectivity index (χ3n) is 1.21. The number of H-pyrrole nitrogens is 1. The fourth-order valence-corrected chi connectivity index (χ4v) is 0.778. The van der Waals surface area contributed by atoms with E-state index in [0.717, 1.165) is 11.0 Å². The van der Waals surface area contributed by atoms with E-state index < -0.39 is 0 Å². The zero-order valence-electron chi connectivity index (χ0n) is 8.70. The highest BCUT2D eigenvalue weighted by Crippen LogP contribution is 2.03. The van der Waals surface area contributed by atoms with Crippen LogP contribution in [0, 0.1) is 0 Å². The van der Waals surface area contributed by atoms with Crippen molar-refractivity contribution in [3.05, 3.63) is 24.5 Å². The summed E-state index contributed by atoms with van der Waals surface area (Å²) in [4.78, 5) is 4.02. The number of aromatic amines is 1. The van der Waals surface area contributed by atoms with Crippen LogP contribution < -0.4 is 0 Å². The third-order valence-corrected chi connectivity index (χ3v) is 1.21. The SMILES string of the molecule is CC.CC.c1cnc2[nH]ncc2c1. The molecule has 0 amide bonds. The standard InChI is InChI=1S/C6H5N3.2C2H6/c1-2-5-4-8-9-6(5)7-3-1;2*1-2/h1-4H,(H,7,8,9);2*1-2H3. The number of hydrogen-bond donors (Lipinski definition) is 1. The van der Waals surface area contributed by atoms with Gasteiger partial charge in [-0.15, -0.1) is 0 Å². The molecule has 2 heterocycles. The van der Waals surface area contributed by atoms with Crippen molar-refractivity contribution in [3.63, 3.8) is 0 Å². The van der Waals surface area contributed by atoms with E-state index in [1.54, 1.807) is 12.4 Å². The topological polar surface area (TPSA) is 41.6 Å². The number of aromatic nitrogens is 3. The molecule has 3 nitrogen and oxygen atoms in total. The zero-order chi connectivity index (χ0) is 10.1. The molecular weight excluding hydrogens is 162 g/mol. The van der Waals surface area contributed by atoms with Gasteiger partial charge in [-0.25, -0.2) is 4.98 Å². The van der Waals surface area contributed by atoms with Crippen molar-refractivity contribution in [1.29, 1.82) is 0 Å². The molecule has 0 aliphatic heterocycles. The lowest BCUT2D eigenvalue weighted by molar-refractivity contribution is 1.10. The lowest BCUT2D eigenvalue weighted by atomic mass is 10.4. The summed E-state index contributed by atoms with van der Waals surface area (Å²) >= 11 is 0. The minimum absolute atomic E-state index is 0.845. The Labute approximate surface area is 79.2 Å². The minimum atomic E-state index is 0.845. The second kappa shape index (κ2) is 7.28. The lowest BCUT2D eigenvalue weighted by Gasteiger charge is -1.80. The largest absolute Gasteiger partial charge is 0.261 e. The summed E-state index contributed by atoms with van der Waals surface area (Å²) in [5.41, 5.74) is 0.845. The molecule has 2 aromatic rings. The molecule has 0 saturated heterocycles. The van der Waals surface area contributed by atoms with Crippen molar-refractivity contribution in [2.75, 3.05) is 0 Å². The number of rotatable bonds is 0. The lowest BCUT2D eigenvalue weighted by Crippen LogP contribution is -1.71. The Balaban J connectivity index is 0.000000322. The number of fused-ring (bicyclic) bond motifs is 1. The Hall–Kier alpha value is -1.38. The highest BCUT2D eigenvalue weighted by atomic mass is 15.1. The second-order valence-corrected chi connectivity index (χ2v) is 1.81. The van der Waals surface area contributed by atoms with E-state index in [-0.39, 0.29) is 0 Å². The van der Waals surface area contributed by atoms with Gasteiger partial charge in [0.25, 0.3) is 0 Å². The van der Waals surface area contributed by atoms with E-state index in [0.29, 0.717) is 0 Å². The van der Waals surface area contributed by atoms with E-state index in [4.69, 9.17) is 0 Å². The molecule has 13 heavy (non-hydrogen) atoms. The summed E-state index contributed by atoms with van der Waals surface area (Å²) in [6, 6.07) is 3.85. The van der Waals surface area contributed by atoms with Crippen LogP contribution in [-0.2, 0) is 0 Å². The van der Waals surface area contributed by atoms with Gasteiger partial charge in [0.2, 0.25) is 0 Å². The Kier molecular flexibility index (Phi) is 6.51. The molecule has 0 aromatic carbocycles. The Morgan fingerprint density at radius 2 is 1.85 bits per heavy atom. The van der Waals surface area contributed by atoms with Gasteiger partial charge >= 0.3 is 0 Å². The van der Waals surface area contributed by atoms with Gasteiger partial charge < -0.3 is 0 Å². The highest BCUT2D eigenvalue weighted by Gasteiger charge is 1.89. The van der Waals surface area contributed by atoms with E-state index in [2.05, 4.69) is 15.2 Å². The van der Waals surface area contributed by atoms with E-state index in [1.165, 1.54) is 0 Å². The predicted octanol–water partition coefficient (Wildman–Crippen LogP) is 3.01. The molecule has 0 radical (unpaired) electrons. The van der Waals surface area contributed by atoms with Gasteiger partial charge in [0, 0.05) is 11.6 Å². The highest BCUT2D eigenvalue weighted by molar-refractivity contribution is 5.72. The summed E-state index contributed by atoms with van der Waals surface area (Å²) in [7, 11) is 0. The molecule has 1 N–H and O–H groups in total. The monoisotopic (exact) mass is 179 g/mol. The van der Waals surface area contributed by atoms with Crippen molar-refractivity contribution < 1.29 is 0 Å². The Morgan fingerprint density at radius 1 is 1.15 bits per heavy atom. The van der Waals surface area contributed by atoms with E-state index in [1.807, 2.05) is 39.8 Å². The van der Waals surface area contributed by atoms with Gasteiger partial charge in [-0.2, -0.15) is 5.10 Å². The molecule has 2 aromatic heterocycles. The molecule has 0 aliphatic rings. The Morgan fingerprint density at radius 3 is 2.46 bits per heavy atom. The quantitative estimate of drug-likeness (QED) is 0.675. The summed E-state index contributed by atoms with van der Waals surface area (Å²) < 4.78 is 0. The maximum atomic E-state index is 4.02. The van der Waals surface area contributed by atoms with Gasteiger partial charge in [0.1, 0.15) is 0 Å². The second-order valence-electron chi connectivity index (χ2n) is 1.81. The zero-order valence-corrected chi connectivity index (χ0v) is 8.70. The van der Waals surface area contributed by atoms with Crippen LogP contribution >= 0.6 is 0 Å². The van der Waals surface area contributed by atoms with E-state index in [9.17, 15) is 0 Å². The fraction of sp³-hybridized carbons (Fsp3) is 0.400. The molecule has 3 heteroatoms. The van der Waals surface area contributed by atoms with Crippen LogP contribution in [0.5, 0.6) is 0 Å². The first-order valence-electron chi connectivity index (χ1n) is 4.71. The summed E-state index contributed by atoms with van der Waals surface area (Å²) in [6.45, 7) is 8.00. The van der Waals surface area contributed by atoms with Crippen LogP contribution in [0.3, 0.4) is 0 Å². The normalized spacial score (nSPS) is 8.00. The first kappa shape index (κ1) is 11.6. The molecule has 0 unspecified atom stereocenters. The average Bonchev–Trinajstić information content (AvgIpc) is 2.71. The van der Waals surface area contributed by atoms with Crippen LogP contribution in [0.15, 0.2) is 24.5 Å². The number of nitrogens with zero attached hydrogens (tertiary/aromatic N) is 2. The first-order valence-corrected chi connectivity index (χ1v) is 4.71. The number of nitrogens with one attached hydrogen (secondary N) is 1. The molecule has 72 valence electrons. The van der Waals surface area contributed by atoms with Crippen LogP contribution in [0.25, 0.3) is 11.0 Å². The van der Waals surface area contributed by atoms with Crippen molar-refractivity contribution in [1.82, 2.24) is 15.2 Å². The minimum Gasteiger partial charge on any atom is -0.261 e. The van der Waals surface area contributed by atoms with Gasteiger partial charge in [0.05, 0.1) is 6.20 Å².